The zero-order chi connectivity index (χ0) is 11.1. The van der Waals surface area contributed by atoms with E-state index in [1.807, 2.05) is 12.1 Å². The maximum atomic E-state index is 5.44. The first-order valence-corrected chi connectivity index (χ1v) is 5.69. The number of benzene rings is 1. The third-order valence-corrected chi connectivity index (χ3v) is 2.67. The van der Waals surface area contributed by atoms with Gasteiger partial charge in [-0.05, 0) is 36.1 Å². The fourth-order valence-corrected chi connectivity index (χ4v) is 1.38. The molecule has 0 amide bonds. The number of rotatable bonds is 5. The summed E-state index contributed by atoms with van der Waals surface area (Å²) in [6.45, 7) is 4.94. The van der Waals surface area contributed by atoms with Crippen LogP contribution in [0.15, 0.2) is 35.9 Å². The van der Waals surface area contributed by atoms with Crippen LogP contribution in [0.5, 0.6) is 5.75 Å². The summed E-state index contributed by atoms with van der Waals surface area (Å²) in [4.78, 5) is 0. The van der Waals surface area contributed by atoms with Crippen LogP contribution in [-0.4, -0.2) is 6.61 Å². The van der Waals surface area contributed by atoms with E-state index in [9.17, 15) is 0 Å². The SMILES string of the molecule is CCC(C)c1ccc(OC/C=C/Cl)cc1. The zero-order valence-electron chi connectivity index (χ0n) is 9.24. The quantitative estimate of drug-likeness (QED) is 0.723. The van der Waals surface area contributed by atoms with Crippen LogP contribution in [0.2, 0.25) is 0 Å². The Balaban J connectivity index is 2.56. The molecule has 0 N–H and O–H groups in total. The molecule has 1 nitrogen and oxygen atoms in total. The van der Waals surface area contributed by atoms with E-state index in [-0.39, 0.29) is 0 Å². The number of halogens is 1. The normalized spacial score (nSPS) is 13.0. The van der Waals surface area contributed by atoms with E-state index in [1.165, 1.54) is 11.1 Å². The van der Waals surface area contributed by atoms with Crippen LogP contribution in [0.1, 0.15) is 31.7 Å². The van der Waals surface area contributed by atoms with Crippen LogP contribution in [-0.2, 0) is 0 Å². The van der Waals surface area contributed by atoms with Gasteiger partial charge in [-0.15, -0.1) is 0 Å². The molecule has 0 saturated carbocycles. The molecule has 0 fully saturated rings. The first kappa shape index (κ1) is 12.1. The smallest absolute Gasteiger partial charge is 0.119 e. The maximum Gasteiger partial charge on any atom is 0.119 e. The van der Waals surface area contributed by atoms with Crippen molar-refractivity contribution in [2.45, 2.75) is 26.2 Å². The molecule has 0 aromatic heterocycles. The minimum Gasteiger partial charge on any atom is -0.490 e. The molecular weight excluding hydrogens is 208 g/mol. The molecule has 1 aromatic rings. The van der Waals surface area contributed by atoms with Crippen LogP contribution in [0, 0.1) is 0 Å². The Morgan fingerprint density at radius 3 is 2.53 bits per heavy atom. The Morgan fingerprint density at radius 2 is 2.00 bits per heavy atom. The predicted octanol–water partition coefficient (Wildman–Crippen LogP) is 4.33. The van der Waals surface area contributed by atoms with Crippen molar-refractivity contribution >= 4 is 11.6 Å². The van der Waals surface area contributed by atoms with Gasteiger partial charge in [-0.25, -0.2) is 0 Å². The molecule has 1 unspecified atom stereocenters. The molecule has 0 aliphatic rings. The van der Waals surface area contributed by atoms with Gasteiger partial charge in [-0.1, -0.05) is 37.6 Å². The Kier molecular flexibility index (Phi) is 5.27. The van der Waals surface area contributed by atoms with Crippen LogP contribution in [0.4, 0.5) is 0 Å². The fraction of sp³-hybridized carbons (Fsp3) is 0.385. The van der Waals surface area contributed by atoms with Crippen molar-refractivity contribution in [3.05, 3.63) is 41.4 Å². The van der Waals surface area contributed by atoms with E-state index in [2.05, 4.69) is 26.0 Å². The van der Waals surface area contributed by atoms with Gasteiger partial charge in [0.2, 0.25) is 0 Å². The van der Waals surface area contributed by atoms with E-state index >= 15 is 0 Å². The second-order valence-corrected chi connectivity index (χ2v) is 3.80. The average molecular weight is 225 g/mol. The third kappa shape index (κ3) is 3.96. The van der Waals surface area contributed by atoms with Crippen LogP contribution in [0.25, 0.3) is 0 Å². The zero-order valence-corrected chi connectivity index (χ0v) is 10.00. The molecule has 0 aliphatic heterocycles. The molecule has 1 rings (SSSR count). The molecule has 0 spiro atoms. The fourth-order valence-electron chi connectivity index (χ4n) is 1.31. The molecular formula is C13H17ClO. The van der Waals surface area contributed by atoms with Gasteiger partial charge in [0, 0.05) is 5.54 Å². The maximum absolute atomic E-state index is 5.44. The minimum atomic E-state index is 0.520. The summed E-state index contributed by atoms with van der Waals surface area (Å²) >= 11 is 5.39. The van der Waals surface area contributed by atoms with Gasteiger partial charge >= 0.3 is 0 Å². The van der Waals surface area contributed by atoms with Crippen molar-refractivity contribution in [3.63, 3.8) is 0 Å². The monoisotopic (exact) mass is 224 g/mol. The number of hydrogen-bond acceptors (Lipinski definition) is 1. The van der Waals surface area contributed by atoms with Crippen molar-refractivity contribution in [1.82, 2.24) is 0 Å². The summed E-state index contributed by atoms with van der Waals surface area (Å²) in [6.07, 6.45) is 2.93. The number of hydrogen-bond donors (Lipinski definition) is 0. The largest absolute Gasteiger partial charge is 0.490 e. The van der Waals surface area contributed by atoms with Crippen molar-refractivity contribution in [2.24, 2.45) is 0 Å². The van der Waals surface area contributed by atoms with E-state index in [4.69, 9.17) is 16.3 Å². The molecule has 0 bridgehead atoms. The van der Waals surface area contributed by atoms with E-state index in [1.54, 1.807) is 6.08 Å². The number of ether oxygens (including phenoxy) is 1. The molecule has 0 heterocycles. The highest BCUT2D eigenvalue weighted by Crippen LogP contribution is 2.21. The van der Waals surface area contributed by atoms with Gasteiger partial charge in [0.05, 0.1) is 0 Å². The summed E-state index contributed by atoms with van der Waals surface area (Å²) in [5.74, 6) is 1.50. The molecule has 0 saturated heterocycles. The van der Waals surface area contributed by atoms with Crippen molar-refractivity contribution in [3.8, 4) is 5.75 Å². The van der Waals surface area contributed by atoms with Gasteiger partial charge in [-0.2, -0.15) is 0 Å². The predicted molar refractivity (Wildman–Crippen MR) is 65.6 cm³/mol. The van der Waals surface area contributed by atoms with Crippen LogP contribution < -0.4 is 4.74 Å². The molecule has 82 valence electrons. The summed E-state index contributed by atoms with van der Waals surface area (Å²) in [6, 6.07) is 8.24. The van der Waals surface area contributed by atoms with Crippen molar-refractivity contribution in [2.75, 3.05) is 6.61 Å². The molecule has 15 heavy (non-hydrogen) atoms. The highest BCUT2D eigenvalue weighted by Gasteiger charge is 2.02. The van der Waals surface area contributed by atoms with Gasteiger partial charge < -0.3 is 4.74 Å². The Bertz CT molecular complexity index is 303. The lowest BCUT2D eigenvalue weighted by Gasteiger charge is -2.09. The topological polar surface area (TPSA) is 9.23 Å². The van der Waals surface area contributed by atoms with Gasteiger partial charge in [0.25, 0.3) is 0 Å². The molecule has 1 aromatic carbocycles. The molecule has 0 radical (unpaired) electrons. The lowest BCUT2D eigenvalue weighted by atomic mass is 9.99. The average Bonchev–Trinajstić information content (AvgIpc) is 2.29. The van der Waals surface area contributed by atoms with Gasteiger partial charge in [0.1, 0.15) is 12.4 Å². The van der Waals surface area contributed by atoms with Gasteiger partial charge in [0.15, 0.2) is 0 Å². The second-order valence-electron chi connectivity index (χ2n) is 3.55. The summed E-state index contributed by atoms with van der Waals surface area (Å²) < 4.78 is 5.44. The first-order valence-electron chi connectivity index (χ1n) is 5.26. The third-order valence-electron chi connectivity index (χ3n) is 2.50. The minimum absolute atomic E-state index is 0.520. The van der Waals surface area contributed by atoms with Crippen LogP contribution >= 0.6 is 11.6 Å². The highest BCUT2D eigenvalue weighted by molar-refractivity contribution is 6.25. The highest BCUT2D eigenvalue weighted by atomic mass is 35.5. The second kappa shape index (κ2) is 6.52. The van der Waals surface area contributed by atoms with Crippen LogP contribution in [0.3, 0.4) is 0 Å². The first-order chi connectivity index (χ1) is 7.27. The molecule has 1 atom stereocenters. The van der Waals surface area contributed by atoms with Gasteiger partial charge in [-0.3, -0.25) is 0 Å². The van der Waals surface area contributed by atoms with E-state index in [0.29, 0.717) is 12.5 Å². The lowest BCUT2D eigenvalue weighted by Crippen LogP contribution is -1.94. The molecule has 0 aliphatic carbocycles. The van der Waals surface area contributed by atoms with Crippen molar-refractivity contribution in [1.29, 1.82) is 0 Å². The summed E-state index contributed by atoms with van der Waals surface area (Å²) in [5, 5.41) is 0. The standard InChI is InChI=1S/C13H17ClO/c1-3-11(2)12-5-7-13(8-6-12)15-10-4-9-14/h4-9,11H,3,10H2,1-2H3/b9-4+. The molecule has 2 heteroatoms. The lowest BCUT2D eigenvalue weighted by molar-refractivity contribution is 0.363. The Labute approximate surface area is 96.7 Å². The summed E-state index contributed by atoms with van der Waals surface area (Å²) in [5.41, 5.74) is 2.82. The van der Waals surface area contributed by atoms with E-state index in [0.717, 1.165) is 12.2 Å². The Hall–Kier alpha value is -0.950. The van der Waals surface area contributed by atoms with Crippen molar-refractivity contribution < 1.29 is 4.74 Å². The summed E-state index contributed by atoms with van der Waals surface area (Å²) in [7, 11) is 0. The Morgan fingerprint density at radius 1 is 1.33 bits per heavy atom. The van der Waals surface area contributed by atoms with E-state index < -0.39 is 0 Å².